The van der Waals surface area contributed by atoms with Crippen LogP contribution >= 0.6 is 11.6 Å². The van der Waals surface area contributed by atoms with Crippen molar-refractivity contribution in [3.8, 4) is 23.0 Å². The molecule has 5 rings (SSSR count). The molecule has 3 aromatic carbocycles. The van der Waals surface area contributed by atoms with E-state index in [9.17, 15) is 0 Å². The maximum Gasteiger partial charge on any atom is 0.214 e. The van der Waals surface area contributed by atoms with Crippen LogP contribution in [0, 0.1) is 0 Å². The first kappa shape index (κ1) is 21.5. The highest BCUT2D eigenvalue weighted by atomic mass is 35.5. The number of hydrazone groups is 1. The second-order valence-corrected chi connectivity index (χ2v) is 8.31. The lowest BCUT2D eigenvalue weighted by Crippen LogP contribution is -2.33. The van der Waals surface area contributed by atoms with Gasteiger partial charge in [0.15, 0.2) is 11.5 Å². The van der Waals surface area contributed by atoms with Gasteiger partial charge in [-0.25, -0.2) is 5.01 Å². The Morgan fingerprint density at radius 2 is 1.79 bits per heavy atom. The minimum Gasteiger partial charge on any atom is -0.494 e. The molecule has 0 aliphatic carbocycles. The Labute approximate surface area is 198 Å². The van der Waals surface area contributed by atoms with Crippen LogP contribution in [0.25, 0.3) is 0 Å². The van der Waals surface area contributed by atoms with Gasteiger partial charge >= 0.3 is 0 Å². The average Bonchev–Trinajstić information content (AvgIpc) is 3.30. The smallest absolute Gasteiger partial charge is 0.214 e. The van der Waals surface area contributed by atoms with Gasteiger partial charge in [0.05, 0.1) is 32.6 Å². The molecule has 0 amide bonds. The molecule has 2 atom stereocenters. The highest BCUT2D eigenvalue weighted by Gasteiger charge is 2.41. The monoisotopic (exact) mass is 464 g/mol. The van der Waals surface area contributed by atoms with Crippen molar-refractivity contribution in [2.75, 3.05) is 20.8 Å². The van der Waals surface area contributed by atoms with Crippen LogP contribution in [0.1, 0.15) is 42.3 Å². The fourth-order valence-electron chi connectivity index (χ4n) is 4.37. The Balaban J connectivity index is 1.55. The van der Waals surface area contributed by atoms with E-state index in [0.717, 1.165) is 40.3 Å². The lowest BCUT2D eigenvalue weighted by atomic mass is 9.96. The number of halogens is 1. The van der Waals surface area contributed by atoms with Gasteiger partial charge in [-0.1, -0.05) is 11.6 Å². The van der Waals surface area contributed by atoms with Crippen LogP contribution in [0.4, 0.5) is 0 Å². The van der Waals surface area contributed by atoms with Gasteiger partial charge in [-0.2, -0.15) is 5.10 Å². The molecule has 2 heterocycles. The first-order chi connectivity index (χ1) is 16.1. The van der Waals surface area contributed by atoms with Crippen molar-refractivity contribution >= 4 is 17.3 Å². The van der Waals surface area contributed by atoms with Crippen LogP contribution in [0.2, 0.25) is 5.02 Å². The van der Waals surface area contributed by atoms with E-state index in [1.165, 1.54) is 0 Å². The fourth-order valence-corrected chi connectivity index (χ4v) is 4.55. The van der Waals surface area contributed by atoms with E-state index < -0.39 is 6.23 Å². The Bertz CT molecular complexity index is 1200. The molecule has 2 aliphatic rings. The van der Waals surface area contributed by atoms with Gasteiger partial charge in [-0.15, -0.1) is 0 Å². The summed E-state index contributed by atoms with van der Waals surface area (Å²) in [5.41, 5.74) is 4.01. The third-order valence-electron chi connectivity index (χ3n) is 5.94. The molecule has 0 bridgehead atoms. The minimum atomic E-state index is -0.413. The Hall–Kier alpha value is -3.38. The van der Waals surface area contributed by atoms with Crippen molar-refractivity contribution in [1.29, 1.82) is 0 Å². The SMILES string of the molecule is CCOc1ccc(C2=NN3C(C2)c2cc(Cl)ccc2OC3c2ccc(OC)c(OC)c2)cc1. The molecular formula is C26H25ClN2O4. The highest BCUT2D eigenvalue weighted by Crippen LogP contribution is 2.49. The van der Waals surface area contributed by atoms with Crippen LogP contribution in [-0.2, 0) is 0 Å². The summed E-state index contributed by atoms with van der Waals surface area (Å²) in [6.45, 7) is 2.61. The fraction of sp³-hybridized carbons (Fsp3) is 0.269. The maximum atomic E-state index is 6.44. The summed E-state index contributed by atoms with van der Waals surface area (Å²) in [4.78, 5) is 0. The summed E-state index contributed by atoms with van der Waals surface area (Å²) in [5, 5.41) is 7.71. The zero-order valence-electron chi connectivity index (χ0n) is 18.7. The zero-order chi connectivity index (χ0) is 22.9. The van der Waals surface area contributed by atoms with Gasteiger partial charge in [-0.05, 0) is 73.2 Å². The summed E-state index contributed by atoms with van der Waals surface area (Å²) in [6, 6.07) is 19.6. The van der Waals surface area contributed by atoms with E-state index in [4.69, 9.17) is 35.6 Å². The summed E-state index contributed by atoms with van der Waals surface area (Å²) in [7, 11) is 3.25. The summed E-state index contributed by atoms with van der Waals surface area (Å²) < 4.78 is 23.0. The van der Waals surface area contributed by atoms with E-state index in [-0.39, 0.29) is 6.04 Å². The Kier molecular flexibility index (Phi) is 5.77. The van der Waals surface area contributed by atoms with Gasteiger partial charge in [0.2, 0.25) is 6.23 Å². The molecular weight excluding hydrogens is 440 g/mol. The van der Waals surface area contributed by atoms with Gasteiger partial charge in [0.1, 0.15) is 11.5 Å². The maximum absolute atomic E-state index is 6.44. The van der Waals surface area contributed by atoms with Crippen molar-refractivity contribution in [3.05, 3.63) is 82.4 Å². The van der Waals surface area contributed by atoms with E-state index in [1.807, 2.05) is 72.6 Å². The summed E-state index contributed by atoms with van der Waals surface area (Å²) in [5.74, 6) is 2.97. The van der Waals surface area contributed by atoms with Gasteiger partial charge in [0.25, 0.3) is 0 Å². The number of hydrogen-bond donors (Lipinski definition) is 0. The first-order valence-electron chi connectivity index (χ1n) is 10.9. The average molecular weight is 465 g/mol. The van der Waals surface area contributed by atoms with E-state index in [2.05, 4.69) is 0 Å². The number of methoxy groups -OCH3 is 2. The van der Waals surface area contributed by atoms with Crippen molar-refractivity contribution in [3.63, 3.8) is 0 Å². The van der Waals surface area contributed by atoms with Crippen LogP contribution in [0.5, 0.6) is 23.0 Å². The van der Waals surface area contributed by atoms with Crippen molar-refractivity contribution < 1.29 is 18.9 Å². The zero-order valence-corrected chi connectivity index (χ0v) is 19.5. The molecule has 0 fully saturated rings. The van der Waals surface area contributed by atoms with E-state index >= 15 is 0 Å². The number of fused-ring (bicyclic) bond motifs is 3. The van der Waals surface area contributed by atoms with E-state index in [1.54, 1.807) is 14.2 Å². The largest absolute Gasteiger partial charge is 0.494 e. The molecule has 170 valence electrons. The Morgan fingerprint density at radius 3 is 2.52 bits per heavy atom. The molecule has 0 aromatic heterocycles. The van der Waals surface area contributed by atoms with Crippen molar-refractivity contribution in [2.45, 2.75) is 25.6 Å². The van der Waals surface area contributed by atoms with Gasteiger partial charge < -0.3 is 18.9 Å². The number of nitrogens with zero attached hydrogens (tertiary/aromatic N) is 2. The number of rotatable bonds is 6. The summed E-state index contributed by atoms with van der Waals surface area (Å²) >= 11 is 6.34. The molecule has 33 heavy (non-hydrogen) atoms. The molecule has 0 radical (unpaired) electrons. The molecule has 3 aromatic rings. The van der Waals surface area contributed by atoms with Crippen LogP contribution in [0.15, 0.2) is 65.8 Å². The molecule has 2 aliphatic heterocycles. The number of ether oxygens (including phenoxy) is 4. The van der Waals surface area contributed by atoms with Crippen LogP contribution in [0.3, 0.4) is 0 Å². The standard InChI is InChI=1S/C26H25ClN2O4/c1-4-32-19-9-5-16(6-10-19)21-15-22-20-14-18(27)8-12-23(20)33-26(29(22)28-21)17-7-11-24(30-2)25(13-17)31-3/h5-14,22,26H,4,15H2,1-3H3. The lowest BCUT2D eigenvalue weighted by molar-refractivity contribution is -0.0191. The normalized spacial score (nSPS) is 18.7. The van der Waals surface area contributed by atoms with Crippen LogP contribution in [-0.4, -0.2) is 31.5 Å². The van der Waals surface area contributed by atoms with Crippen molar-refractivity contribution in [2.24, 2.45) is 5.10 Å². The van der Waals surface area contributed by atoms with E-state index in [0.29, 0.717) is 23.1 Å². The second-order valence-electron chi connectivity index (χ2n) is 7.87. The van der Waals surface area contributed by atoms with Crippen molar-refractivity contribution in [1.82, 2.24) is 5.01 Å². The predicted octanol–water partition coefficient (Wildman–Crippen LogP) is 6.00. The molecule has 0 N–H and O–H groups in total. The third-order valence-corrected chi connectivity index (χ3v) is 6.18. The highest BCUT2D eigenvalue weighted by molar-refractivity contribution is 6.30. The molecule has 6 nitrogen and oxygen atoms in total. The van der Waals surface area contributed by atoms with Gasteiger partial charge in [-0.3, -0.25) is 0 Å². The topological polar surface area (TPSA) is 52.5 Å². The Morgan fingerprint density at radius 1 is 1.00 bits per heavy atom. The first-order valence-corrected chi connectivity index (χ1v) is 11.3. The molecule has 0 saturated carbocycles. The molecule has 2 unspecified atom stereocenters. The number of benzene rings is 3. The lowest BCUT2D eigenvalue weighted by Gasteiger charge is -2.38. The van der Waals surface area contributed by atoms with Gasteiger partial charge in [0, 0.05) is 22.6 Å². The molecule has 7 heteroatoms. The quantitative estimate of drug-likeness (QED) is 0.448. The number of hydrogen-bond acceptors (Lipinski definition) is 6. The minimum absolute atomic E-state index is 0.00659. The third kappa shape index (κ3) is 3.95. The molecule has 0 spiro atoms. The second kappa shape index (κ2) is 8.87. The predicted molar refractivity (Wildman–Crippen MR) is 128 cm³/mol. The molecule has 0 saturated heterocycles. The van der Waals surface area contributed by atoms with Crippen LogP contribution < -0.4 is 18.9 Å². The summed E-state index contributed by atoms with van der Waals surface area (Å²) in [6.07, 6.45) is 0.331.